The molecule has 6 nitrogen and oxygen atoms in total. The fourth-order valence-electron chi connectivity index (χ4n) is 3.50. The molecule has 24 heavy (non-hydrogen) atoms. The van der Waals surface area contributed by atoms with E-state index in [2.05, 4.69) is 5.32 Å². The molecule has 0 radical (unpaired) electrons. The van der Waals surface area contributed by atoms with Crippen LogP contribution in [-0.4, -0.2) is 48.6 Å². The summed E-state index contributed by atoms with van der Waals surface area (Å²) in [7, 11) is 1.60. The molecule has 2 aliphatic rings. The molecule has 1 atom stereocenters. The number of carbonyl (C=O) groups excluding carboxylic acids is 2. The summed E-state index contributed by atoms with van der Waals surface area (Å²) in [6.07, 6.45) is 2.41. The number of methoxy groups -OCH3 is 1. The van der Waals surface area contributed by atoms with Crippen molar-refractivity contribution in [1.82, 2.24) is 10.2 Å². The van der Waals surface area contributed by atoms with Crippen molar-refractivity contribution in [3.8, 4) is 5.75 Å². The van der Waals surface area contributed by atoms with Crippen LogP contribution < -0.4 is 10.1 Å². The van der Waals surface area contributed by atoms with Crippen molar-refractivity contribution in [1.29, 1.82) is 0 Å². The van der Waals surface area contributed by atoms with E-state index >= 15 is 0 Å². The van der Waals surface area contributed by atoms with Crippen molar-refractivity contribution in [3.05, 3.63) is 29.3 Å². The summed E-state index contributed by atoms with van der Waals surface area (Å²) in [5.74, 6) is 0.421. The predicted octanol–water partition coefficient (Wildman–Crippen LogP) is 0.814. The molecule has 2 amide bonds. The number of amides is 2. The number of hydrogen-bond donors (Lipinski definition) is 2. The number of aryl methyl sites for hydroxylation is 1. The van der Waals surface area contributed by atoms with E-state index in [-0.39, 0.29) is 24.3 Å². The lowest BCUT2D eigenvalue weighted by atomic mass is 9.79. The second-order valence-electron chi connectivity index (χ2n) is 6.75. The topological polar surface area (TPSA) is 78.9 Å². The molecule has 130 valence electrons. The Kier molecular flexibility index (Phi) is 4.49. The summed E-state index contributed by atoms with van der Waals surface area (Å²) >= 11 is 0. The van der Waals surface area contributed by atoms with E-state index in [4.69, 9.17) is 4.74 Å². The number of fused-ring (bicyclic) bond motifs is 1. The van der Waals surface area contributed by atoms with Crippen molar-refractivity contribution >= 4 is 11.8 Å². The van der Waals surface area contributed by atoms with E-state index in [0.29, 0.717) is 25.3 Å². The number of nitrogens with one attached hydrogen (secondary N) is 1. The van der Waals surface area contributed by atoms with Gasteiger partial charge in [-0.25, -0.2) is 0 Å². The minimum Gasteiger partial charge on any atom is -0.497 e. The van der Waals surface area contributed by atoms with Gasteiger partial charge in [-0.15, -0.1) is 0 Å². The molecule has 6 heteroatoms. The van der Waals surface area contributed by atoms with Gasteiger partial charge in [-0.2, -0.15) is 0 Å². The van der Waals surface area contributed by atoms with Crippen LogP contribution in [0.3, 0.4) is 0 Å². The first-order chi connectivity index (χ1) is 11.4. The molecule has 0 spiro atoms. The van der Waals surface area contributed by atoms with Crippen LogP contribution in [0.4, 0.5) is 0 Å². The van der Waals surface area contributed by atoms with Crippen molar-refractivity contribution in [3.63, 3.8) is 0 Å². The molecular formula is C18H24N2O4. The van der Waals surface area contributed by atoms with Crippen LogP contribution in [-0.2, 0) is 21.6 Å². The summed E-state index contributed by atoms with van der Waals surface area (Å²) in [6, 6.07) is 5.74. The Hall–Kier alpha value is -2.08. The van der Waals surface area contributed by atoms with Gasteiger partial charge in [-0.3, -0.25) is 9.59 Å². The van der Waals surface area contributed by atoms with E-state index in [9.17, 15) is 14.7 Å². The second kappa shape index (κ2) is 6.43. The molecule has 1 aliphatic carbocycles. The summed E-state index contributed by atoms with van der Waals surface area (Å²) in [5, 5.41) is 13.9. The predicted molar refractivity (Wildman–Crippen MR) is 88.6 cm³/mol. The lowest BCUT2D eigenvalue weighted by Gasteiger charge is -2.39. The number of likely N-dealkylation sites (tertiary alicyclic amines) is 1. The highest BCUT2D eigenvalue weighted by Gasteiger charge is 2.38. The highest BCUT2D eigenvalue weighted by Crippen LogP contribution is 2.37. The fraction of sp³-hybridized carbons (Fsp3) is 0.556. The highest BCUT2D eigenvalue weighted by molar-refractivity contribution is 5.83. The van der Waals surface area contributed by atoms with Gasteiger partial charge < -0.3 is 20.1 Å². The zero-order valence-electron chi connectivity index (χ0n) is 14.2. The number of aliphatic hydroxyl groups is 1. The van der Waals surface area contributed by atoms with Gasteiger partial charge in [0.25, 0.3) is 0 Å². The molecule has 1 unspecified atom stereocenters. The van der Waals surface area contributed by atoms with E-state index in [1.54, 1.807) is 12.0 Å². The van der Waals surface area contributed by atoms with Crippen LogP contribution in [0, 0.1) is 5.92 Å². The third-order valence-electron chi connectivity index (χ3n) is 5.11. The third kappa shape index (κ3) is 3.11. The van der Waals surface area contributed by atoms with Gasteiger partial charge in [0.15, 0.2) is 0 Å². The van der Waals surface area contributed by atoms with Crippen molar-refractivity contribution < 1.29 is 19.4 Å². The zero-order valence-corrected chi connectivity index (χ0v) is 14.2. The second-order valence-corrected chi connectivity index (χ2v) is 6.75. The Morgan fingerprint density at radius 3 is 2.83 bits per heavy atom. The number of carbonyl (C=O) groups is 2. The van der Waals surface area contributed by atoms with Crippen LogP contribution >= 0.6 is 0 Å². The first-order valence-electron chi connectivity index (χ1n) is 8.36. The van der Waals surface area contributed by atoms with Gasteiger partial charge >= 0.3 is 0 Å². The zero-order chi connectivity index (χ0) is 17.3. The summed E-state index contributed by atoms with van der Waals surface area (Å²) in [4.78, 5) is 25.1. The highest BCUT2D eigenvalue weighted by atomic mass is 16.5. The Morgan fingerprint density at radius 1 is 1.42 bits per heavy atom. The maximum Gasteiger partial charge on any atom is 0.226 e. The van der Waals surface area contributed by atoms with E-state index < -0.39 is 5.60 Å². The number of rotatable bonds is 4. The van der Waals surface area contributed by atoms with E-state index in [0.717, 1.165) is 24.0 Å². The normalized spacial score (nSPS) is 23.2. The van der Waals surface area contributed by atoms with Gasteiger partial charge in [0.2, 0.25) is 11.8 Å². The van der Waals surface area contributed by atoms with Gasteiger partial charge in [-0.1, -0.05) is 6.07 Å². The minimum absolute atomic E-state index is 0.00835. The Balaban J connectivity index is 1.65. The number of nitrogens with zero attached hydrogens (tertiary/aromatic N) is 1. The summed E-state index contributed by atoms with van der Waals surface area (Å²) in [6.45, 7) is 2.61. The molecule has 1 aromatic rings. The van der Waals surface area contributed by atoms with E-state index in [1.165, 1.54) is 6.92 Å². The Morgan fingerprint density at radius 2 is 2.17 bits per heavy atom. The maximum absolute atomic E-state index is 12.2. The molecule has 1 aromatic carbocycles. The van der Waals surface area contributed by atoms with Gasteiger partial charge in [-0.05, 0) is 42.5 Å². The molecule has 0 bridgehead atoms. The average Bonchev–Trinajstić information content (AvgIpc) is 2.51. The first kappa shape index (κ1) is 16.8. The molecule has 1 heterocycles. The van der Waals surface area contributed by atoms with E-state index in [1.807, 2.05) is 18.2 Å². The SMILES string of the molecule is COc1ccc2c(c1)C(O)(CNC(=O)C1CN(C(C)=O)C1)CCC2. The summed E-state index contributed by atoms with van der Waals surface area (Å²) < 4.78 is 5.26. The first-order valence-corrected chi connectivity index (χ1v) is 8.36. The molecule has 0 aromatic heterocycles. The van der Waals surface area contributed by atoms with Crippen LogP contribution in [0.5, 0.6) is 5.75 Å². The number of hydrogen-bond acceptors (Lipinski definition) is 4. The monoisotopic (exact) mass is 332 g/mol. The third-order valence-corrected chi connectivity index (χ3v) is 5.11. The largest absolute Gasteiger partial charge is 0.497 e. The van der Waals surface area contributed by atoms with Crippen LogP contribution in [0.2, 0.25) is 0 Å². The smallest absolute Gasteiger partial charge is 0.226 e. The number of benzene rings is 1. The molecule has 1 fully saturated rings. The Labute approximate surface area is 141 Å². The lowest BCUT2D eigenvalue weighted by Crippen LogP contribution is -2.56. The maximum atomic E-state index is 12.2. The summed E-state index contributed by atoms with van der Waals surface area (Å²) in [5.41, 5.74) is 0.875. The molecule has 0 saturated carbocycles. The molecule has 2 N–H and O–H groups in total. The van der Waals surface area contributed by atoms with Gasteiger partial charge in [0, 0.05) is 20.0 Å². The minimum atomic E-state index is -1.07. The van der Waals surface area contributed by atoms with Crippen molar-refractivity contribution in [2.24, 2.45) is 5.92 Å². The number of ether oxygens (including phenoxy) is 1. The average molecular weight is 332 g/mol. The molecule has 1 aliphatic heterocycles. The fourth-order valence-corrected chi connectivity index (χ4v) is 3.50. The quantitative estimate of drug-likeness (QED) is 0.855. The van der Waals surface area contributed by atoms with Gasteiger partial charge in [0.1, 0.15) is 11.4 Å². The van der Waals surface area contributed by atoms with Crippen LogP contribution in [0.15, 0.2) is 18.2 Å². The molecule has 1 saturated heterocycles. The standard InChI is InChI=1S/C18H24N2O4/c1-12(21)20-9-14(10-20)17(22)19-11-18(23)7-3-4-13-5-6-15(24-2)8-16(13)18/h5-6,8,14,23H,3-4,7,9-11H2,1-2H3,(H,19,22). The molecular weight excluding hydrogens is 308 g/mol. The Bertz CT molecular complexity index is 654. The van der Waals surface area contributed by atoms with Crippen LogP contribution in [0.1, 0.15) is 30.9 Å². The van der Waals surface area contributed by atoms with Crippen molar-refractivity contribution in [2.75, 3.05) is 26.7 Å². The van der Waals surface area contributed by atoms with Gasteiger partial charge in [0.05, 0.1) is 19.6 Å². The lowest BCUT2D eigenvalue weighted by molar-refractivity contribution is -0.142. The molecule has 3 rings (SSSR count). The van der Waals surface area contributed by atoms with Crippen molar-refractivity contribution in [2.45, 2.75) is 31.8 Å². The van der Waals surface area contributed by atoms with Crippen LogP contribution in [0.25, 0.3) is 0 Å².